The number of hydrogen-bond donors (Lipinski definition) is 3. The molecule has 1 aromatic rings. The molecule has 1 aromatic carbocycles. The van der Waals surface area contributed by atoms with Gasteiger partial charge >= 0.3 is 0 Å². The van der Waals surface area contributed by atoms with Crippen LogP contribution in [0.3, 0.4) is 0 Å². The maximum Gasteiger partial charge on any atom is 0.200 e. The summed E-state index contributed by atoms with van der Waals surface area (Å²) in [5.41, 5.74) is 14.0. The van der Waals surface area contributed by atoms with Crippen molar-refractivity contribution in [3.8, 4) is 11.8 Å². The minimum absolute atomic E-state index is 0.0938. The smallest absolute Gasteiger partial charge is 0.200 e. The topological polar surface area (TPSA) is 92.3 Å². The van der Waals surface area contributed by atoms with Crippen molar-refractivity contribution >= 4 is 0 Å². The molecule has 0 radical (unpaired) electrons. The predicted octanol–water partition coefficient (Wildman–Crippen LogP) is 1.72. The standard InChI is InChI=1S/C17H22N4O2/c1-3-4-13-15-14(10-5-7-11(22-2)8-6-10)12(9-18)16(19)23-17(15)21-20-13/h5-8,13-15,17,20-21H,3-4,19H2,1-2H3. The van der Waals surface area contributed by atoms with Crippen molar-refractivity contribution in [2.75, 3.05) is 7.11 Å². The fourth-order valence-electron chi connectivity index (χ4n) is 3.55. The fraction of sp³-hybridized carbons (Fsp3) is 0.471. The molecule has 2 heterocycles. The molecule has 0 aliphatic carbocycles. The maximum atomic E-state index is 9.60. The van der Waals surface area contributed by atoms with Gasteiger partial charge in [0.25, 0.3) is 0 Å². The van der Waals surface area contributed by atoms with Crippen molar-refractivity contribution in [3.63, 3.8) is 0 Å². The van der Waals surface area contributed by atoms with Gasteiger partial charge < -0.3 is 15.2 Å². The number of nitrogens with zero attached hydrogens (tertiary/aromatic N) is 1. The van der Waals surface area contributed by atoms with E-state index in [0.29, 0.717) is 5.57 Å². The normalized spacial score (nSPS) is 29.6. The number of nitriles is 1. The summed E-state index contributed by atoms with van der Waals surface area (Å²) in [5, 5.41) is 9.60. The van der Waals surface area contributed by atoms with Gasteiger partial charge in [0.2, 0.25) is 5.88 Å². The molecule has 4 N–H and O–H groups in total. The lowest BCUT2D eigenvalue weighted by Gasteiger charge is -2.35. The van der Waals surface area contributed by atoms with Gasteiger partial charge in [-0.3, -0.25) is 5.43 Å². The van der Waals surface area contributed by atoms with Crippen LogP contribution in [0, 0.1) is 17.2 Å². The SMILES string of the molecule is CCCC1NNC2OC(N)=C(C#N)C(c3ccc(OC)cc3)C12. The van der Waals surface area contributed by atoms with E-state index in [-0.39, 0.29) is 30.0 Å². The summed E-state index contributed by atoms with van der Waals surface area (Å²) in [6.45, 7) is 2.15. The number of allylic oxidation sites excluding steroid dienone is 1. The summed E-state index contributed by atoms with van der Waals surface area (Å²) in [4.78, 5) is 0. The molecule has 1 fully saturated rings. The van der Waals surface area contributed by atoms with Crippen molar-refractivity contribution in [3.05, 3.63) is 41.3 Å². The minimum atomic E-state index is -0.226. The van der Waals surface area contributed by atoms with Crippen LogP contribution < -0.4 is 21.3 Å². The summed E-state index contributed by atoms with van der Waals surface area (Å²) in [7, 11) is 1.64. The monoisotopic (exact) mass is 314 g/mol. The first-order valence-electron chi connectivity index (χ1n) is 7.91. The van der Waals surface area contributed by atoms with Gasteiger partial charge in [-0.25, -0.2) is 5.43 Å². The first-order valence-corrected chi connectivity index (χ1v) is 7.91. The number of ether oxygens (including phenoxy) is 2. The Morgan fingerprint density at radius 2 is 2.04 bits per heavy atom. The molecule has 23 heavy (non-hydrogen) atoms. The highest BCUT2D eigenvalue weighted by molar-refractivity contribution is 5.43. The Morgan fingerprint density at radius 3 is 2.65 bits per heavy atom. The summed E-state index contributed by atoms with van der Waals surface area (Å²) in [5.74, 6) is 1.02. The molecule has 0 spiro atoms. The third-order valence-corrected chi connectivity index (χ3v) is 4.64. The van der Waals surface area contributed by atoms with E-state index in [1.54, 1.807) is 7.11 Å². The second-order valence-corrected chi connectivity index (χ2v) is 5.94. The van der Waals surface area contributed by atoms with E-state index in [0.717, 1.165) is 24.2 Å². The van der Waals surface area contributed by atoms with Gasteiger partial charge in [0.1, 0.15) is 11.8 Å². The molecule has 2 aliphatic heterocycles. The zero-order chi connectivity index (χ0) is 16.4. The van der Waals surface area contributed by atoms with Crippen LogP contribution in [0.15, 0.2) is 35.7 Å². The Hall–Kier alpha value is -2.23. The number of rotatable bonds is 4. The van der Waals surface area contributed by atoms with E-state index < -0.39 is 0 Å². The zero-order valence-corrected chi connectivity index (χ0v) is 13.4. The molecule has 0 bridgehead atoms. The zero-order valence-electron chi connectivity index (χ0n) is 13.4. The Balaban J connectivity index is 2.02. The highest BCUT2D eigenvalue weighted by atomic mass is 16.5. The first kappa shape index (κ1) is 15.7. The number of fused-ring (bicyclic) bond motifs is 1. The number of nitrogens with one attached hydrogen (secondary N) is 2. The second kappa shape index (κ2) is 6.49. The summed E-state index contributed by atoms with van der Waals surface area (Å²) >= 11 is 0. The molecule has 4 atom stereocenters. The quantitative estimate of drug-likeness (QED) is 0.784. The average Bonchev–Trinajstić information content (AvgIpc) is 2.96. The van der Waals surface area contributed by atoms with Gasteiger partial charge in [0, 0.05) is 17.9 Å². The van der Waals surface area contributed by atoms with Gasteiger partial charge in [0.05, 0.1) is 12.7 Å². The number of methoxy groups -OCH3 is 1. The van der Waals surface area contributed by atoms with Gasteiger partial charge in [-0.05, 0) is 24.1 Å². The van der Waals surface area contributed by atoms with Crippen LogP contribution in [0.5, 0.6) is 5.75 Å². The molecule has 1 saturated heterocycles. The highest BCUT2D eigenvalue weighted by Gasteiger charge is 2.48. The highest BCUT2D eigenvalue weighted by Crippen LogP contribution is 2.43. The van der Waals surface area contributed by atoms with Gasteiger partial charge in [0.15, 0.2) is 6.23 Å². The van der Waals surface area contributed by atoms with Crippen molar-refractivity contribution in [1.82, 2.24) is 10.9 Å². The van der Waals surface area contributed by atoms with Crippen LogP contribution in [0.2, 0.25) is 0 Å². The van der Waals surface area contributed by atoms with Crippen LogP contribution in [0.4, 0.5) is 0 Å². The van der Waals surface area contributed by atoms with Crippen LogP contribution in [0.1, 0.15) is 31.2 Å². The molecule has 2 aliphatic rings. The molecular formula is C17H22N4O2. The largest absolute Gasteiger partial charge is 0.497 e. The van der Waals surface area contributed by atoms with Crippen molar-refractivity contribution in [2.45, 2.75) is 38.0 Å². The third-order valence-electron chi connectivity index (χ3n) is 4.64. The molecule has 6 heteroatoms. The molecule has 122 valence electrons. The first-order chi connectivity index (χ1) is 11.2. The van der Waals surface area contributed by atoms with Gasteiger partial charge in [-0.15, -0.1) is 0 Å². The van der Waals surface area contributed by atoms with E-state index in [1.807, 2.05) is 24.3 Å². The summed E-state index contributed by atoms with van der Waals surface area (Å²) < 4.78 is 10.9. The van der Waals surface area contributed by atoms with E-state index in [9.17, 15) is 5.26 Å². The van der Waals surface area contributed by atoms with Crippen LogP contribution in [-0.2, 0) is 4.74 Å². The van der Waals surface area contributed by atoms with Crippen molar-refractivity contribution in [1.29, 1.82) is 5.26 Å². The van der Waals surface area contributed by atoms with Crippen LogP contribution >= 0.6 is 0 Å². The summed E-state index contributed by atoms with van der Waals surface area (Å²) in [6, 6.07) is 10.3. The molecule has 6 nitrogen and oxygen atoms in total. The van der Waals surface area contributed by atoms with Crippen molar-refractivity contribution < 1.29 is 9.47 Å². The summed E-state index contributed by atoms with van der Waals surface area (Å²) in [6.07, 6.45) is 1.83. The minimum Gasteiger partial charge on any atom is -0.497 e. The van der Waals surface area contributed by atoms with Crippen molar-refractivity contribution in [2.24, 2.45) is 11.7 Å². The Labute approximate surface area is 136 Å². The lowest BCUT2D eigenvalue weighted by Crippen LogP contribution is -2.41. The second-order valence-electron chi connectivity index (χ2n) is 5.94. The van der Waals surface area contributed by atoms with Gasteiger partial charge in [-0.2, -0.15) is 5.26 Å². The van der Waals surface area contributed by atoms with E-state index in [1.165, 1.54) is 0 Å². The third kappa shape index (κ3) is 2.74. The van der Waals surface area contributed by atoms with Gasteiger partial charge in [-0.1, -0.05) is 25.5 Å². The maximum absolute atomic E-state index is 9.60. The number of nitrogens with two attached hydrogens (primary N) is 1. The Morgan fingerprint density at radius 1 is 1.30 bits per heavy atom. The molecule has 4 unspecified atom stereocenters. The van der Waals surface area contributed by atoms with E-state index in [4.69, 9.17) is 15.2 Å². The molecule has 0 aromatic heterocycles. The average molecular weight is 314 g/mol. The fourth-order valence-corrected chi connectivity index (χ4v) is 3.55. The molecular weight excluding hydrogens is 292 g/mol. The molecule has 0 saturated carbocycles. The number of benzene rings is 1. The molecule has 0 amide bonds. The lowest BCUT2D eigenvalue weighted by molar-refractivity contribution is 0.0337. The van der Waals surface area contributed by atoms with Crippen LogP contribution in [-0.4, -0.2) is 19.4 Å². The predicted molar refractivity (Wildman–Crippen MR) is 85.9 cm³/mol. The number of hydrazine groups is 1. The molecule has 3 rings (SSSR count). The Kier molecular flexibility index (Phi) is 4.42. The van der Waals surface area contributed by atoms with Crippen LogP contribution in [0.25, 0.3) is 0 Å². The van der Waals surface area contributed by atoms with E-state index in [2.05, 4.69) is 23.8 Å². The van der Waals surface area contributed by atoms with E-state index >= 15 is 0 Å². The number of hydrogen-bond acceptors (Lipinski definition) is 6. The lowest BCUT2D eigenvalue weighted by atomic mass is 9.75. The Bertz CT molecular complexity index is 635.